The van der Waals surface area contributed by atoms with Crippen molar-refractivity contribution in [3.05, 3.63) is 65.5 Å². The molecular formula is C23H21O2S+. The van der Waals surface area contributed by atoms with Crippen LogP contribution in [0, 0.1) is 12.3 Å². The predicted molar refractivity (Wildman–Crippen MR) is 108 cm³/mol. The number of carbonyl (C=O) groups excluding carboxylic acids is 1. The van der Waals surface area contributed by atoms with Gasteiger partial charge in [0.2, 0.25) is 0 Å². The summed E-state index contributed by atoms with van der Waals surface area (Å²) in [5.74, 6) is 2.42. The van der Waals surface area contributed by atoms with Gasteiger partial charge in [0.05, 0.1) is 5.56 Å². The van der Waals surface area contributed by atoms with Crippen LogP contribution in [-0.4, -0.2) is 11.6 Å². The largest absolute Gasteiger partial charge is 0.442 e. The maximum Gasteiger partial charge on any atom is 0.339 e. The number of fused-ring (bicyclic) bond motifs is 1. The fourth-order valence-electron chi connectivity index (χ4n) is 3.61. The Balaban J connectivity index is 1.56. The van der Waals surface area contributed by atoms with Crippen molar-refractivity contribution in [1.29, 1.82) is 0 Å². The number of benzene rings is 2. The van der Waals surface area contributed by atoms with E-state index in [1.165, 1.54) is 15.0 Å². The minimum absolute atomic E-state index is 0.0683. The lowest BCUT2D eigenvalue weighted by Crippen LogP contribution is -2.35. The number of thiophene rings is 1. The first-order valence-electron chi connectivity index (χ1n) is 9.02. The molecule has 2 aromatic carbocycles. The molecule has 0 amide bonds. The van der Waals surface area contributed by atoms with Crippen LogP contribution in [0.1, 0.15) is 42.5 Å². The lowest BCUT2D eigenvalue weighted by Gasteiger charge is -2.31. The molecule has 0 bridgehead atoms. The number of esters is 1. The van der Waals surface area contributed by atoms with Crippen molar-refractivity contribution in [1.82, 2.24) is 0 Å². The van der Waals surface area contributed by atoms with Crippen molar-refractivity contribution < 1.29 is 9.53 Å². The Hall–Kier alpha value is -2.57. The molecule has 0 N–H and O–H groups in total. The van der Waals surface area contributed by atoms with Gasteiger partial charge < -0.3 is 4.74 Å². The fourth-order valence-corrected chi connectivity index (χ4v) is 5.50. The van der Waals surface area contributed by atoms with Crippen molar-refractivity contribution in [2.24, 2.45) is 0 Å². The summed E-state index contributed by atoms with van der Waals surface area (Å²) in [7, 11) is -0.0683. The highest BCUT2D eigenvalue weighted by molar-refractivity contribution is 7.43. The predicted octanol–water partition coefficient (Wildman–Crippen LogP) is 6.07. The van der Waals surface area contributed by atoms with Crippen LogP contribution in [0.15, 0.2) is 60.0 Å². The maximum atomic E-state index is 12.6. The van der Waals surface area contributed by atoms with Gasteiger partial charge in [0.15, 0.2) is 15.2 Å². The Morgan fingerprint density at radius 1 is 1.00 bits per heavy atom. The second-order valence-electron chi connectivity index (χ2n) is 6.79. The van der Waals surface area contributed by atoms with Gasteiger partial charge >= 0.3 is 5.97 Å². The van der Waals surface area contributed by atoms with Gasteiger partial charge in [-0.15, -0.1) is 6.42 Å². The fraction of sp³-hybridized carbons (Fsp3) is 0.261. The minimum atomic E-state index is -0.719. The number of rotatable bonds is 3. The third-order valence-electron chi connectivity index (χ3n) is 5.10. The molecule has 1 aromatic heterocycles. The second kappa shape index (κ2) is 6.97. The molecule has 0 spiro atoms. The molecule has 4 rings (SSSR count). The summed E-state index contributed by atoms with van der Waals surface area (Å²) in [6.45, 7) is 0. The van der Waals surface area contributed by atoms with E-state index in [1.807, 2.05) is 24.3 Å². The quantitative estimate of drug-likeness (QED) is 0.321. The zero-order valence-electron chi connectivity index (χ0n) is 14.6. The van der Waals surface area contributed by atoms with Crippen molar-refractivity contribution in [2.45, 2.75) is 37.7 Å². The van der Waals surface area contributed by atoms with Gasteiger partial charge in [0.1, 0.15) is 5.38 Å². The highest BCUT2D eigenvalue weighted by Gasteiger charge is 2.34. The van der Waals surface area contributed by atoms with Crippen LogP contribution < -0.4 is 0 Å². The normalized spacial score (nSPS) is 16.8. The van der Waals surface area contributed by atoms with Crippen LogP contribution in [0.5, 0.6) is 0 Å². The number of hydrogen-bond donors (Lipinski definition) is 0. The molecular weight excluding hydrogens is 340 g/mol. The van der Waals surface area contributed by atoms with E-state index in [4.69, 9.17) is 11.2 Å². The smallest absolute Gasteiger partial charge is 0.339 e. The van der Waals surface area contributed by atoms with Crippen molar-refractivity contribution in [2.75, 3.05) is 0 Å². The first-order chi connectivity index (χ1) is 12.7. The van der Waals surface area contributed by atoms with E-state index in [2.05, 4.69) is 41.6 Å². The second-order valence-corrected chi connectivity index (χ2v) is 8.65. The maximum absolute atomic E-state index is 12.6. The third kappa shape index (κ3) is 3.13. The number of hydrogen-bond acceptors (Lipinski definition) is 2. The lowest BCUT2D eigenvalue weighted by atomic mass is 9.85. The molecule has 2 nitrogen and oxygen atoms in total. The van der Waals surface area contributed by atoms with E-state index in [0.717, 1.165) is 32.1 Å². The molecule has 0 aliphatic heterocycles. The summed E-state index contributed by atoms with van der Waals surface area (Å²) in [6, 6.07) is 18.3. The standard InChI is InChI=1S/C23H21O2S/c1-2-23(15-6-3-7-16-23)25-22(24)19-10-12-20(13-11-19)26-17-14-18-8-4-5-9-21(18)26/h1,4-5,8-14,17H,3,6-7,15-16H2/q+1. The van der Waals surface area contributed by atoms with E-state index >= 15 is 0 Å². The van der Waals surface area contributed by atoms with Crippen molar-refractivity contribution >= 4 is 26.5 Å². The van der Waals surface area contributed by atoms with E-state index in [-0.39, 0.29) is 16.4 Å². The topological polar surface area (TPSA) is 26.3 Å². The van der Waals surface area contributed by atoms with E-state index in [0.29, 0.717) is 5.56 Å². The van der Waals surface area contributed by atoms with Crippen LogP contribution in [-0.2, 0) is 4.74 Å². The Bertz CT molecular complexity index is 969. The minimum Gasteiger partial charge on any atom is -0.442 e. The van der Waals surface area contributed by atoms with Gasteiger partial charge in [0.25, 0.3) is 0 Å². The lowest BCUT2D eigenvalue weighted by molar-refractivity contribution is -0.00662. The summed E-state index contributed by atoms with van der Waals surface area (Å²) in [6.07, 6.45) is 10.4. The van der Waals surface area contributed by atoms with Crippen molar-refractivity contribution in [3.8, 4) is 17.2 Å². The van der Waals surface area contributed by atoms with Crippen LogP contribution in [0.25, 0.3) is 15.0 Å². The molecule has 26 heavy (non-hydrogen) atoms. The molecule has 0 saturated heterocycles. The van der Waals surface area contributed by atoms with Gasteiger partial charge in [-0.1, -0.05) is 24.5 Å². The summed E-state index contributed by atoms with van der Waals surface area (Å²) in [4.78, 5) is 13.8. The highest BCUT2D eigenvalue weighted by atomic mass is 32.2. The zero-order chi connectivity index (χ0) is 18.0. The van der Waals surface area contributed by atoms with E-state index < -0.39 is 5.60 Å². The molecule has 1 saturated carbocycles. The Kier molecular flexibility index (Phi) is 4.53. The van der Waals surface area contributed by atoms with Gasteiger partial charge in [-0.05, 0) is 62.1 Å². The summed E-state index contributed by atoms with van der Waals surface area (Å²) >= 11 is 0. The first kappa shape index (κ1) is 16.9. The number of terminal acetylenes is 1. The monoisotopic (exact) mass is 361 g/mol. The first-order valence-corrected chi connectivity index (χ1v) is 10.3. The van der Waals surface area contributed by atoms with E-state index in [9.17, 15) is 4.79 Å². The highest BCUT2D eigenvalue weighted by Crippen LogP contribution is 2.39. The summed E-state index contributed by atoms with van der Waals surface area (Å²) in [5, 5.41) is 3.50. The Labute approximate surface area is 156 Å². The summed E-state index contributed by atoms with van der Waals surface area (Å²) < 4.78 is 7.08. The average molecular weight is 361 g/mol. The molecule has 1 fully saturated rings. The van der Waals surface area contributed by atoms with Gasteiger partial charge in [-0.25, -0.2) is 4.79 Å². The molecule has 3 aromatic rings. The number of ether oxygens (including phenoxy) is 1. The number of carbonyl (C=O) groups is 1. The zero-order valence-corrected chi connectivity index (χ0v) is 15.4. The van der Waals surface area contributed by atoms with Gasteiger partial charge in [0, 0.05) is 21.9 Å². The van der Waals surface area contributed by atoms with E-state index in [1.54, 1.807) is 0 Å². The molecule has 1 unspecified atom stereocenters. The van der Waals surface area contributed by atoms with Crippen LogP contribution >= 0.6 is 10.5 Å². The van der Waals surface area contributed by atoms with Crippen molar-refractivity contribution in [3.63, 3.8) is 0 Å². The third-order valence-corrected chi connectivity index (χ3v) is 7.13. The molecule has 1 atom stereocenters. The molecule has 1 aliphatic rings. The average Bonchev–Trinajstić information content (AvgIpc) is 3.13. The SMILES string of the molecule is C#CC1(OC(=O)c2ccc(-[s+]3ccc4ccccc43)cc2)CCCCC1. The van der Waals surface area contributed by atoms with Crippen LogP contribution in [0.3, 0.4) is 0 Å². The molecule has 3 heteroatoms. The molecule has 1 heterocycles. The van der Waals surface area contributed by atoms with Crippen LogP contribution in [0.4, 0.5) is 0 Å². The Morgan fingerprint density at radius 3 is 2.46 bits per heavy atom. The van der Waals surface area contributed by atoms with Gasteiger partial charge in [-0.3, -0.25) is 0 Å². The molecule has 1 aliphatic carbocycles. The molecule has 0 radical (unpaired) electrons. The summed E-state index contributed by atoms with van der Waals surface area (Å²) in [5.41, 5.74) is -0.155. The van der Waals surface area contributed by atoms with Crippen LogP contribution in [0.2, 0.25) is 0 Å². The molecule has 130 valence electrons. The Morgan fingerprint density at radius 2 is 1.73 bits per heavy atom. The van der Waals surface area contributed by atoms with Gasteiger partial charge in [-0.2, -0.15) is 0 Å².